The Bertz CT molecular complexity index is 316. The fraction of sp³-hybridized carbons (Fsp3) is 0. The number of nitrogens with zero attached hydrogens (tertiary/aromatic N) is 2. The van der Waals surface area contributed by atoms with Gasteiger partial charge >= 0.3 is 88.0 Å². The van der Waals surface area contributed by atoms with Crippen molar-refractivity contribution < 1.29 is 88.0 Å². The largest absolute Gasteiger partial charge is 3.00 e. The van der Waals surface area contributed by atoms with Crippen LogP contribution in [0.3, 0.4) is 0 Å². The van der Waals surface area contributed by atoms with Crippen LogP contribution < -0.4 is 0 Å². The summed E-state index contributed by atoms with van der Waals surface area (Å²) < 4.78 is 0. The maximum absolute atomic E-state index is 3.96. The number of rotatable bonds is 1. The smallest absolute Gasteiger partial charge is 0.265 e. The van der Waals surface area contributed by atoms with Crippen LogP contribution in [0, 0.1) is 88.0 Å². The molecule has 0 aliphatic rings. The van der Waals surface area contributed by atoms with Gasteiger partial charge in [-0.1, -0.05) is 0 Å². The van der Waals surface area contributed by atoms with Gasteiger partial charge in [0.2, 0.25) is 0 Å². The Morgan fingerprint density at radius 3 is 1.21 bits per heavy atom. The molecule has 0 saturated carbocycles. The molecule has 0 spiro atoms. The number of hydrogen-bond donors (Lipinski definition) is 0. The molecule has 0 aromatic carbocycles. The first-order chi connectivity index (χ1) is 5.97. The molecule has 0 fully saturated rings. The summed E-state index contributed by atoms with van der Waals surface area (Å²) in [6.07, 6.45) is 7.15. The van der Waals surface area contributed by atoms with Crippen LogP contribution in [0.5, 0.6) is 0 Å². The third kappa shape index (κ3) is 4.35. The van der Waals surface area contributed by atoms with E-state index in [9.17, 15) is 0 Å². The molecule has 2 nitrogen and oxygen atoms in total. The first-order valence-corrected chi connectivity index (χ1v) is 3.77. The molecule has 0 radical (unpaired) electrons. The van der Waals surface area contributed by atoms with E-state index in [0.717, 1.165) is 0 Å². The predicted octanol–water partition coefficient (Wildman–Crippen LogP) is 2.14. The first-order valence-electron chi connectivity index (χ1n) is 3.77. The molecule has 2 heterocycles. The monoisotopic (exact) mass is 468 g/mol. The number of aromatic nitrogens is 2. The summed E-state index contributed by atoms with van der Waals surface area (Å²) >= 11 is 0. The SMILES string of the molecule is [Eu+3].[Tb+3].c1cc(-c2ccncc2)ccn1. The Labute approximate surface area is 155 Å². The fourth-order valence-electron chi connectivity index (χ4n) is 1.09. The van der Waals surface area contributed by atoms with Gasteiger partial charge in [-0.25, -0.2) is 0 Å². The predicted molar refractivity (Wildman–Crippen MR) is 47.5 cm³/mol. The number of hydrogen-bond acceptors (Lipinski definition) is 2. The van der Waals surface area contributed by atoms with E-state index in [-0.39, 0.29) is 88.0 Å². The molecule has 14 heavy (non-hydrogen) atoms. The molecule has 0 bridgehead atoms. The van der Waals surface area contributed by atoms with Gasteiger partial charge in [-0.2, -0.15) is 0 Å². The second-order valence-electron chi connectivity index (χ2n) is 2.47. The van der Waals surface area contributed by atoms with Crippen molar-refractivity contribution in [2.75, 3.05) is 0 Å². The molecule has 0 aliphatic carbocycles. The van der Waals surface area contributed by atoms with Gasteiger partial charge in [0.05, 0.1) is 0 Å². The van der Waals surface area contributed by atoms with E-state index in [0.29, 0.717) is 0 Å². The summed E-state index contributed by atoms with van der Waals surface area (Å²) in [4.78, 5) is 7.91. The van der Waals surface area contributed by atoms with Gasteiger partial charge < -0.3 is 0 Å². The minimum absolute atomic E-state index is 0. The van der Waals surface area contributed by atoms with Crippen LogP contribution in [0.2, 0.25) is 0 Å². The van der Waals surface area contributed by atoms with Crippen molar-refractivity contribution in [1.82, 2.24) is 9.97 Å². The molecule has 4 heteroatoms. The van der Waals surface area contributed by atoms with E-state index < -0.39 is 0 Å². The van der Waals surface area contributed by atoms with Crippen molar-refractivity contribution >= 4 is 0 Å². The molecular weight excluding hydrogens is 459 g/mol. The molecule has 0 aliphatic heterocycles. The van der Waals surface area contributed by atoms with E-state index >= 15 is 0 Å². The average Bonchev–Trinajstić information content (AvgIpc) is 2.21. The molecule has 0 unspecified atom stereocenters. The van der Waals surface area contributed by atoms with Crippen molar-refractivity contribution in [3.63, 3.8) is 0 Å². The van der Waals surface area contributed by atoms with Crippen LogP contribution in [0.15, 0.2) is 49.1 Å². The first kappa shape index (κ1) is 15.2. The zero-order chi connectivity index (χ0) is 8.23. The van der Waals surface area contributed by atoms with Gasteiger partial charge in [-0.05, 0) is 35.4 Å². The van der Waals surface area contributed by atoms with Gasteiger partial charge in [0.25, 0.3) is 0 Å². The molecule has 2 aromatic heterocycles. The van der Waals surface area contributed by atoms with Crippen molar-refractivity contribution in [2.45, 2.75) is 0 Å². The van der Waals surface area contributed by atoms with Gasteiger partial charge in [0.1, 0.15) is 0 Å². The summed E-state index contributed by atoms with van der Waals surface area (Å²) in [5.41, 5.74) is 2.35. The van der Waals surface area contributed by atoms with Crippen LogP contribution in [0.1, 0.15) is 0 Å². The van der Waals surface area contributed by atoms with Crippen LogP contribution in [-0.4, -0.2) is 9.97 Å². The second-order valence-corrected chi connectivity index (χ2v) is 2.47. The Morgan fingerprint density at radius 1 is 0.643 bits per heavy atom. The van der Waals surface area contributed by atoms with Crippen LogP contribution >= 0.6 is 0 Å². The summed E-state index contributed by atoms with van der Waals surface area (Å²) in [5, 5.41) is 0. The van der Waals surface area contributed by atoms with Crippen molar-refractivity contribution in [1.29, 1.82) is 0 Å². The minimum Gasteiger partial charge on any atom is -0.265 e. The van der Waals surface area contributed by atoms with Crippen LogP contribution in [0.25, 0.3) is 11.1 Å². The zero-order valence-electron chi connectivity index (χ0n) is 7.22. The third-order valence-electron chi connectivity index (χ3n) is 1.69. The summed E-state index contributed by atoms with van der Waals surface area (Å²) in [7, 11) is 0. The molecular formula is C10H8EuN2Tb+6. The standard InChI is InChI=1S/C10H8N2.Eu.Tb/c1-5-11-6-2-9(1)10-3-7-12-8-4-10;;/h1-8H;;/q;2*+3. The van der Waals surface area contributed by atoms with Gasteiger partial charge in [-0.15, -0.1) is 0 Å². The van der Waals surface area contributed by atoms with E-state index in [2.05, 4.69) is 9.97 Å². The quantitative estimate of drug-likeness (QED) is 0.643. The van der Waals surface area contributed by atoms with Gasteiger partial charge in [0, 0.05) is 24.8 Å². The van der Waals surface area contributed by atoms with Crippen molar-refractivity contribution in [3.8, 4) is 11.1 Å². The topological polar surface area (TPSA) is 25.8 Å². The zero-order valence-corrected chi connectivity index (χ0v) is 11.8. The molecule has 68 valence electrons. The average molecular weight is 467 g/mol. The maximum Gasteiger partial charge on any atom is 3.00 e. The van der Waals surface area contributed by atoms with E-state index in [1.54, 1.807) is 24.8 Å². The van der Waals surface area contributed by atoms with Crippen LogP contribution in [-0.2, 0) is 0 Å². The molecule has 0 saturated heterocycles. The minimum atomic E-state index is 0. The summed E-state index contributed by atoms with van der Waals surface area (Å²) in [6, 6.07) is 7.93. The van der Waals surface area contributed by atoms with Crippen molar-refractivity contribution in [2.24, 2.45) is 0 Å². The third-order valence-corrected chi connectivity index (χ3v) is 1.69. The maximum atomic E-state index is 3.96. The summed E-state index contributed by atoms with van der Waals surface area (Å²) in [6.45, 7) is 0. The fourth-order valence-corrected chi connectivity index (χ4v) is 1.09. The molecule has 2 rings (SSSR count). The molecule has 2 aromatic rings. The second kappa shape index (κ2) is 8.34. The van der Waals surface area contributed by atoms with Gasteiger partial charge in [0.15, 0.2) is 0 Å². The normalized spacial score (nSPS) is 8.29. The Hall–Kier alpha value is 1.17. The Balaban J connectivity index is 0.000000845. The molecule has 0 amide bonds. The van der Waals surface area contributed by atoms with Crippen molar-refractivity contribution in [3.05, 3.63) is 49.1 Å². The summed E-state index contributed by atoms with van der Waals surface area (Å²) in [5.74, 6) is 0. The molecule has 0 atom stereocenters. The Morgan fingerprint density at radius 2 is 0.929 bits per heavy atom. The van der Waals surface area contributed by atoms with Gasteiger partial charge in [-0.3, -0.25) is 9.97 Å². The van der Waals surface area contributed by atoms with E-state index in [4.69, 9.17) is 0 Å². The van der Waals surface area contributed by atoms with Crippen LogP contribution in [0.4, 0.5) is 0 Å². The van der Waals surface area contributed by atoms with E-state index in [1.807, 2.05) is 24.3 Å². The number of pyridine rings is 2. The molecule has 0 N–H and O–H groups in total. The van der Waals surface area contributed by atoms with E-state index in [1.165, 1.54) is 11.1 Å². The Kier molecular flexibility index (Phi) is 9.03.